The van der Waals surface area contributed by atoms with Gasteiger partial charge in [0.25, 0.3) is 0 Å². The number of thiophene rings is 1. The van der Waals surface area contributed by atoms with E-state index < -0.39 is 9.84 Å². The van der Waals surface area contributed by atoms with E-state index in [1.807, 2.05) is 23.6 Å². The molecule has 25 heavy (non-hydrogen) atoms. The van der Waals surface area contributed by atoms with Gasteiger partial charge in [0.05, 0.1) is 20.0 Å². The Morgan fingerprint density at radius 2 is 1.92 bits per heavy atom. The molecule has 0 spiro atoms. The Balaban J connectivity index is 1.96. The lowest BCUT2D eigenvalue weighted by molar-refractivity contribution is 0.392. The van der Waals surface area contributed by atoms with Crippen molar-refractivity contribution in [1.82, 2.24) is 4.98 Å². The number of benzene rings is 1. The number of hydrogen-bond donors (Lipinski definition) is 0. The van der Waals surface area contributed by atoms with Crippen molar-refractivity contribution in [3.8, 4) is 21.9 Å². The van der Waals surface area contributed by atoms with Gasteiger partial charge in [0, 0.05) is 28.9 Å². The number of nitrogens with zero attached hydrogens (tertiary/aromatic N) is 1. The molecule has 0 aliphatic rings. The molecular formula is C18H17NO4S2. The fourth-order valence-corrected chi connectivity index (χ4v) is 4.68. The fraction of sp³-hybridized carbons (Fsp3) is 0.167. The normalized spacial score (nSPS) is 11.3. The van der Waals surface area contributed by atoms with E-state index >= 15 is 0 Å². The van der Waals surface area contributed by atoms with Gasteiger partial charge < -0.3 is 9.47 Å². The zero-order chi connectivity index (χ0) is 17.9. The number of rotatable bonds is 6. The third kappa shape index (κ3) is 3.83. The lowest BCUT2D eigenvalue weighted by Gasteiger charge is -2.11. The first-order valence-electron chi connectivity index (χ1n) is 7.46. The second kappa shape index (κ2) is 7.25. The maximum Gasteiger partial charge on any atom is 0.186 e. The molecule has 0 N–H and O–H groups in total. The van der Waals surface area contributed by atoms with Gasteiger partial charge in [-0.2, -0.15) is 0 Å². The maximum atomic E-state index is 12.9. The Morgan fingerprint density at radius 1 is 1.08 bits per heavy atom. The van der Waals surface area contributed by atoms with E-state index in [0.29, 0.717) is 17.1 Å². The van der Waals surface area contributed by atoms with Crippen molar-refractivity contribution in [2.75, 3.05) is 14.2 Å². The summed E-state index contributed by atoms with van der Waals surface area (Å²) in [7, 11) is -0.679. The molecule has 0 amide bonds. The van der Waals surface area contributed by atoms with E-state index in [0.717, 1.165) is 10.4 Å². The summed E-state index contributed by atoms with van der Waals surface area (Å²) in [5.74, 6) is 0.593. The Morgan fingerprint density at radius 3 is 2.60 bits per heavy atom. The van der Waals surface area contributed by atoms with Crippen LogP contribution in [0.25, 0.3) is 10.4 Å². The van der Waals surface area contributed by atoms with Gasteiger partial charge in [0.1, 0.15) is 16.4 Å². The van der Waals surface area contributed by atoms with Crippen LogP contribution in [0.2, 0.25) is 0 Å². The van der Waals surface area contributed by atoms with Gasteiger partial charge in [-0.3, -0.25) is 4.98 Å². The number of aromatic nitrogens is 1. The van der Waals surface area contributed by atoms with Crippen LogP contribution in [0.15, 0.2) is 59.1 Å². The van der Waals surface area contributed by atoms with Crippen molar-refractivity contribution >= 4 is 21.2 Å². The topological polar surface area (TPSA) is 65.5 Å². The number of pyridine rings is 1. The number of hydrogen-bond acceptors (Lipinski definition) is 6. The van der Waals surface area contributed by atoms with E-state index in [1.54, 1.807) is 35.9 Å². The molecule has 0 radical (unpaired) electrons. The summed E-state index contributed by atoms with van der Waals surface area (Å²) < 4.78 is 36.1. The monoisotopic (exact) mass is 375 g/mol. The minimum Gasteiger partial charge on any atom is -0.497 e. The Bertz CT molecular complexity index is 967. The summed E-state index contributed by atoms with van der Waals surface area (Å²) in [6, 6.07) is 10.5. The largest absolute Gasteiger partial charge is 0.497 e. The molecule has 0 unspecified atom stereocenters. The summed E-state index contributed by atoms with van der Waals surface area (Å²) in [5.41, 5.74) is 1.52. The molecule has 0 saturated heterocycles. The van der Waals surface area contributed by atoms with Gasteiger partial charge >= 0.3 is 0 Å². The van der Waals surface area contributed by atoms with E-state index in [9.17, 15) is 8.42 Å². The molecule has 3 aromatic rings. The van der Waals surface area contributed by atoms with Crippen LogP contribution in [0.4, 0.5) is 0 Å². The molecule has 2 heterocycles. The Labute approximate surface area is 150 Å². The first kappa shape index (κ1) is 17.4. The van der Waals surface area contributed by atoms with Gasteiger partial charge in [-0.05, 0) is 35.2 Å². The zero-order valence-corrected chi connectivity index (χ0v) is 15.4. The molecule has 5 nitrogen and oxygen atoms in total. The number of ether oxygens (including phenoxy) is 2. The number of sulfone groups is 1. The molecule has 0 aliphatic heterocycles. The van der Waals surface area contributed by atoms with Crippen LogP contribution in [0.1, 0.15) is 5.56 Å². The average Bonchev–Trinajstić information content (AvgIpc) is 3.15. The molecule has 0 aliphatic carbocycles. The first-order valence-corrected chi connectivity index (χ1v) is 9.99. The lowest BCUT2D eigenvalue weighted by Crippen LogP contribution is -2.07. The Hall–Kier alpha value is -2.38. The molecule has 1 aromatic carbocycles. The lowest BCUT2D eigenvalue weighted by atomic mass is 10.2. The summed E-state index contributed by atoms with van der Waals surface area (Å²) in [6.45, 7) is 0. The predicted octanol–water partition coefficient (Wildman–Crippen LogP) is 3.80. The predicted molar refractivity (Wildman–Crippen MR) is 98.0 cm³/mol. The van der Waals surface area contributed by atoms with Crippen LogP contribution in [-0.2, 0) is 15.6 Å². The van der Waals surface area contributed by atoms with Gasteiger partial charge in [-0.15, -0.1) is 11.3 Å². The second-order valence-corrected chi connectivity index (χ2v) is 8.24. The molecular weight excluding hydrogens is 358 g/mol. The summed E-state index contributed by atoms with van der Waals surface area (Å²) in [4.78, 5) is 5.34. The van der Waals surface area contributed by atoms with Crippen LogP contribution < -0.4 is 9.47 Å². The second-order valence-electron chi connectivity index (χ2n) is 5.34. The van der Waals surface area contributed by atoms with Crippen molar-refractivity contribution in [2.24, 2.45) is 0 Å². The molecule has 7 heteroatoms. The van der Waals surface area contributed by atoms with Crippen molar-refractivity contribution in [3.63, 3.8) is 0 Å². The fourth-order valence-electron chi connectivity index (χ4n) is 2.47. The molecule has 0 fully saturated rings. The standard InChI is InChI=1S/C18H17NO4S2/c1-22-15-5-6-16(23-2)18(9-15)25(20,21)12-13-8-14(11-19-10-13)17-4-3-7-24-17/h3-11H,12H2,1-2H3. The maximum absolute atomic E-state index is 12.9. The minimum atomic E-state index is -3.62. The van der Waals surface area contributed by atoms with E-state index in [2.05, 4.69) is 4.98 Å². The third-order valence-corrected chi connectivity index (χ3v) is 6.28. The van der Waals surface area contributed by atoms with Crippen LogP contribution in [-0.4, -0.2) is 27.6 Å². The highest BCUT2D eigenvalue weighted by Gasteiger charge is 2.22. The van der Waals surface area contributed by atoms with Crippen molar-refractivity contribution in [3.05, 3.63) is 59.7 Å². The van der Waals surface area contributed by atoms with E-state index in [1.165, 1.54) is 20.3 Å². The van der Waals surface area contributed by atoms with Crippen LogP contribution >= 0.6 is 11.3 Å². The Kier molecular flexibility index (Phi) is 5.06. The average molecular weight is 375 g/mol. The SMILES string of the molecule is COc1ccc(OC)c(S(=O)(=O)Cc2cncc(-c3cccs3)c2)c1. The summed E-state index contributed by atoms with van der Waals surface area (Å²) in [5, 5.41) is 1.97. The summed E-state index contributed by atoms with van der Waals surface area (Å²) >= 11 is 1.58. The zero-order valence-electron chi connectivity index (χ0n) is 13.8. The van der Waals surface area contributed by atoms with Crippen molar-refractivity contribution < 1.29 is 17.9 Å². The van der Waals surface area contributed by atoms with Crippen LogP contribution in [0, 0.1) is 0 Å². The molecule has 130 valence electrons. The number of methoxy groups -OCH3 is 2. The first-order chi connectivity index (χ1) is 12.0. The minimum absolute atomic E-state index is 0.107. The van der Waals surface area contributed by atoms with Crippen LogP contribution in [0.3, 0.4) is 0 Å². The summed E-state index contributed by atoms with van der Waals surface area (Å²) in [6.07, 6.45) is 3.30. The quantitative estimate of drug-likeness (QED) is 0.656. The molecule has 0 bridgehead atoms. The highest BCUT2D eigenvalue weighted by Crippen LogP contribution is 2.31. The highest BCUT2D eigenvalue weighted by atomic mass is 32.2. The van der Waals surface area contributed by atoms with Crippen LogP contribution in [0.5, 0.6) is 11.5 Å². The molecule has 0 saturated carbocycles. The molecule has 2 aromatic heterocycles. The molecule has 3 rings (SSSR count). The van der Waals surface area contributed by atoms with Gasteiger partial charge in [0.15, 0.2) is 9.84 Å². The van der Waals surface area contributed by atoms with E-state index in [-0.39, 0.29) is 10.6 Å². The van der Waals surface area contributed by atoms with Crippen molar-refractivity contribution in [2.45, 2.75) is 10.6 Å². The van der Waals surface area contributed by atoms with Gasteiger partial charge in [-0.25, -0.2) is 8.42 Å². The van der Waals surface area contributed by atoms with E-state index in [4.69, 9.17) is 9.47 Å². The highest BCUT2D eigenvalue weighted by molar-refractivity contribution is 7.90. The van der Waals surface area contributed by atoms with Gasteiger partial charge in [0.2, 0.25) is 0 Å². The third-order valence-electron chi connectivity index (χ3n) is 3.66. The van der Waals surface area contributed by atoms with Gasteiger partial charge in [-0.1, -0.05) is 6.07 Å². The smallest absolute Gasteiger partial charge is 0.186 e. The van der Waals surface area contributed by atoms with Crippen molar-refractivity contribution in [1.29, 1.82) is 0 Å². The molecule has 0 atom stereocenters.